The van der Waals surface area contributed by atoms with Gasteiger partial charge in [-0.3, -0.25) is 4.79 Å². The molecule has 0 radical (unpaired) electrons. The molecule has 2 aliphatic rings. The Balaban J connectivity index is 1.67. The number of amides is 1. The highest BCUT2D eigenvalue weighted by atomic mass is 32.2. The number of benzene rings is 1. The molecule has 6 heteroatoms. The fraction of sp³-hybridized carbons (Fsp3) is 0.588. The smallest absolute Gasteiger partial charge is 0.251 e. The highest BCUT2D eigenvalue weighted by molar-refractivity contribution is 7.89. The van der Waals surface area contributed by atoms with Gasteiger partial charge >= 0.3 is 0 Å². The van der Waals surface area contributed by atoms with Crippen LogP contribution >= 0.6 is 0 Å². The Bertz CT molecular complexity index is 643. The number of carbonyl (C=O) groups is 1. The van der Waals surface area contributed by atoms with Crippen LogP contribution in [0, 0.1) is 0 Å². The van der Waals surface area contributed by atoms with Crippen LogP contribution in [0.2, 0.25) is 0 Å². The molecule has 126 valence electrons. The lowest BCUT2D eigenvalue weighted by Gasteiger charge is -2.22. The normalized spacial score (nSPS) is 20.5. The van der Waals surface area contributed by atoms with E-state index in [-0.39, 0.29) is 16.8 Å². The van der Waals surface area contributed by atoms with Crippen LogP contribution in [-0.2, 0) is 10.0 Å². The molecule has 0 aromatic heterocycles. The van der Waals surface area contributed by atoms with Gasteiger partial charge in [0.05, 0.1) is 4.90 Å². The summed E-state index contributed by atoms with van der Waals surface area (Å²) in [5, 5.41) is 3.05. The van der Waals surface area contributed by atoms with Crippen LogP contribution in [0.4, 0.5) is 0 Å². The van der Waals surface area contributed by atoms with Crippen LogP contribution < -0.4 is 5.32 Å². The number of sulfonamides is 1. The molecule has 3 rings (SSSR count). The zero-order valence-electron chi connectivity index (χ0n) is 13.3. The van der Waals surface area contributed by atoms with Gasteiger partial charge in [-0.1, -0.05) is 19.3 Å². The second-order valence-corrected chi connectivity index (χ2v) is 8.38. The summed E-state index contributed by atoms with van der Waals surface area (Å²) in [6, 6.07) is 6.57. The third kappa shape index (κ3) is 3.75. The van der Waals surface area contributed by atoms with E-state index in [2.05, 4.69) is 5.32 Å². The van der Waals surface area contributed by atoms with Gasteiger partial charge in [0.25, 0.3) is 5.91 Å². The Morgan fingerprint density at radius 2 is 1.57 bits per heavy atom. The van der Waals surface area contributed by atoms with E-state index in [0.29, 0.717) is 18.7 Å². The molecule has 0 unspecified atom stereocenters. The van der Waals surface area contributed by atoms with Crippen molar-refractivity contribution in [1.29, 1.82) is 0 Å². The fourth-order valence-electron chi connectivity index (χ4n) is 3.37. The molecule has 23 heavy (non-hydrogen) atoms. The highest BCUT2D eigenvalue weighted by Crippen LogP contribution is 2.21. The summed E-state index contributed by atoms with van der Waals surface area (Å²) < 4.78 is 26.4. The van der Waals surface area contributed by atoms with Crippen LogP contribution in [0.3, 0.4) is 0 Å². The molecule has 1 N–H and O–H groups in total. The van der Waals surface area contributed by atoms with Gasteiger partial charge in [0.1, 0.15) is 0 Å². The van der Waals surface area contributed by atoms with Crippen molar-refractivity contribution in [2.24, 2.45) is 0 Å². The fourth-order valence-corrected chi connectivity index (χ4v) is 4.89. The SMILES string of the molecule is O=C(NC1CCCCC1)c1ccc(S(=O)(=O)N2CCCC2)cc1. The highest BCUT2D eigenvalue weighted by Gasteiger charge is 2.27. The number of hydrogen-bond acceptors (Lipinski definition) is 3. The zero-order chi connectivity index (χ0) is 16.3. The van der Waals surface area contributed by atoms with E-state index in [1.807, 2.05) is 0 Å². The van der Waals surface area contributed by atoms with E-state index in [0.717, 1.165) is 38.5 Å². The summed E-state index contributed by atoms with van der Waals surface area (Å²) in [7, 11) is -3.41. The van der Waals surface area contributed by atoms with Gasteiger partial charge in [-0.15, -0.1) is 0 Å². The van der Waals surface area contributed by atoms with Crippen LogP contribution in [0.1, 0.15) is 55.3 Å². The first-order valence-electron chi connectivity index (χ1n) is 8.48. The Morgan fingerprint density at radius 1 is 0.957 bits per heavy atom. The largest absolute Gasteiger partial charge is 0.349 e. The lowest BCUT2D eigenvalue weighted by Crippen LogP contribution is -2.36. The molecule has 1 amide bonds. The summed E-state index contributed by atoms with van der Waals surface area (Å²) in [6.45, 7) is 1.18. The molecule has 1 aromatic rings. The second-order valence-electron chi connectivity index (χ2n) is 6.44. The maximum Gasteiger partial charge on any atom is 0.251 e. The number of nitrogens with one attached hydrogen (secondary N) is 1. The van der Waals surface area contributed by atoms with Gasteiger partial charge in [0.2, 0.25) is 10.0 Å². The maximum atomic E-state index is 12.5. The molecular formula is C17H24N2O3S. The third-order valence-electron chi connectivity index (χ3n) is 4.76. The Hall–Kier alpha value is -1.40. The summed E-state index contributed by atoms with van der Waals surface area (Å²) in [5.41, 5.74) is 0.524. The number of rotatable bonds is 4. The van der Waals surface area contributed by atoms with Crippen LogP contribution in [-0.4, -0.2) is 37.8 Å². The lowest BCUT2D eigenvalue weighted by molar-refractivity contribution is 0.0927. The van der Waals surface area contributed by atoms with E-state index >= 15 is 0 Å². The van der Waals surface area contributed by atoms with Gasteiger partial charge in [0.15, 0.2) is 0 Å². The molecule has 2 fully saturated rings. The minimum absolute atomic E-state index is 0.109. The summed E-state index contributed by atoms with van der Waals surface area (Å²) in [5.74, 6) is -0.109. The first kappa shape index (κ1) is 16.5. The average molecular weight is 336 g/mol. The van der Waals surface area contributed by atoms with Crippen molar-refractivity contribution in [3.8, 4) is 0 Å². The van der Waals surface area contributed by atoms with Crippen molar-refractivity contribution >= 4 is 15.9 Å². The Morgan fingerprint density at radius 3 is 2.17 bits per heavy atom. The van der Waals surface area contributed by atoms with Gasteiger partial charge < -0.3 is 5.32 Å². The van der Waals surface area contributed by atoms with Gasteiger partial charge in [-0.05, 0) is 49.9 Å². The standard InChI is InChI=1S/C17H24N2O3S/c20-17(18-15-6-2-1-3-7-15)14-8-10-16(11-9-14)23(21,22)19-12-4-5-13-19/h8-11,15H,1-7,12-13H2,(H,18,20). The minimum Gasteiger partial charge on any atom is -0.349 e. The molecule has 1 aromatic carbocycles. The Labute approximate surface area is 138 Å². The predicted molar refractivity (Wildman–Crippen MR) is 88.8 cm³/mol. The maximum absolute atomic E-state index is 12.5. The van der Waals surface area contributed by atoms with Crippen molar-refractivity contribution in [3.63, 3.8) is 0 Å². The molecule has 1 aliphatic heterocycles. The molecule has 5 nitrogen and oxygen atoms in total. The van der Waals surface area contributed by atoms with E-state index in [9.17, 15) is 13.2 Å². The monoisotopic (exact) mass is 336 g/mol. The summed E-state index contributed by atoms with van der Waals surface area (Å²) in [4.78, 5) is 12.5. The second kappa shape index (κ2) is 7.01. The number of nitrogens with zero attached hydrogens (tertiary/aromatic N) is 1. The van der Waals surface area contributed by atoms with E-state index in [1.165, 1.54) is 10.7 Å². The third-order valence-corrected chi connectivity index (χ3v) is 6.67. The van der Waals surface area contributed by atoms with E-state index < -0.39 is 10.0 Å². The molecule has 0 bridgehead atoms. The van der Waals surface area contributed by atoms with Crippen molar-refractivity contribution in [3.05, 3.63) is 29.8 Å². The van der Waals surface area contributed by atoms with Crippen LogP contribution in [0.15, 0.2) is 29.2 Å². The van der Waals surface area contributed by atoms with E-state index in [4.69, 9.17) is 0 Å². The molecule has 1 heterocycles. The molecule has 0 atom stereocenters. The van der Waals surface area contributed by atoms with Crippen molar-refractivity contribution < 1.29 is 13.2 Å². The number of carbonyl (C=O) groups excluding carboxylic acids is 1. The van der Waals surface area contributed by atoms with Gasteiger partial charge in [-0.2, -0.15) is 4.31 Å². The molecule has 1 aliphatic carbocycles. The molecule has 1 saturated heterocycles. The molecule has 1 saturated carbocycles. The predicted octanol–water partition coefficient (Wildman–Crippen LogP) is 2.53. The number of hydrogen-bond donors (Lipinski definition) is 1. The first-order chi connectivity index (χ1) is 11.1. The average Bonchev–Trinajstić information content (AvgIpc) is 3.11. The Kier molecular flexibility index (Phi) is 5.02. The molecule has 0 spiro atoms. The van der Waals surface area contributed by atoms with Crippen molar-refractivity contribution in [2.45, 2.75) is 55.9 Å². The van der Waals surface area contributed by atoms with Crippen molar-refractivity contribution in [2.75, 3.05) is 13.1 Å². The van der Waals surface area contributed by atoms with E-state index in [1.54, 1.807) is 24.3 Å². The minimum atomic E-state index is -3.41. The quantitative estimate of drug-likeness (QED) is 0.919. The summed E-state index contributed by atoms with van der Waals surface area (Å²) >= 11 is 0. The van der Waals surface area contributed by atoms with Gasteiger partial charge in [-0.25, -0.2) is 8.42 Å². The lowest BCUT2D eigenvalue weighted by atomic mass is 9.95. The zero-order valence-corrected chi connectivity index (χ0v) is 14.1. The first-order valence-corrected chi connectivity index (χ1v) is 9.92. The van der Waals surface area contributed by atoms with Crippen LogP contribution in [0.25, 0.3) is 0 Å². The van der Waals surface area contributed by atoms with Crippen LogP contribution in [0.5, 0.6) is 0 Å². The topological polar surface area (TPSA) is 66.5 Å². The van der Waals surface area contributed by atoms with Crippen molar-refractivity contribution in [1.82, 2.24) is 9.62 Å². The van der Waals surface area contributed by atoms with Gasteiger partial charge in [0, 0.05) is 24.7 Å². The summed E-state index contributed by atoms with van der Waals surface area (Å²) in [6.07, 6.45) is 7.48. The molecular weight excluding hydrogens is 312 g/mol.